The van der Waals surface area contributed by atoms with E-state index in [1.807, 2.05) is 19.1 Å². The van der Waals surface area contributed by atoms with Gasteiger partial charge < -0.3 is 4.90 Å². The van der Waals surface area contributed by atoms with Crippen LogP contribution in [-0.2, 0) is 14.8 Å². The molecule has 1 aromatic carbocycles. The van der Waals surface area contributed by atoms with E-state index < -0.39 is 14.8 Å². The molecule has 6 heteroatoms. The number of rotatable bonds is 1. The van der Waals surface area contributed by atoms with Gasteiger partial charge in [0.25, 0.3) is 0 Å². The fraction of sp³-hybridized carbons (Fsp3) is 0.600. The van der Waals surface area contributed by atoms with Crippen LogP contribution >= 0.6 is 11.6 Å². The highest BCUT2D eigenvalue weighted by Crippen LogP contribution is 2.51. The molecule has 2 aliphatic rings. The van der Waals surface area contributed by atoms with Crippen molar-refractivity contribution in [3.05, 3.63) is 28.3 Å². The summed E-state index contributed by atoms with van der Waals surface area (Å²) in [4.78, 5) is 2.33. The lowest BCUT2D eigenvalue weighted by molar-refractivity contribution is 0.159. The fourth-order valence-corrected chi connectivity index (χ4v) is 5.73. The van der Waals surface area contributed by atoms with E-state index in [0.717, 1.165) is 29.9 Å². The van der Waals surface area contributed by atoms with E-state index in [4.69, 9.17) is 11.6 Å². The molecule has 1 aromatic rings. The molecule has 1 spiro atoms. The Morgan fingerprint density at radius 2 is 1.90 bits per heavy atom. The average molecular weight is 329 g/mol. The number of hydrogen-bond donors (Lipinski definition) is 1. The zero-order chi connectivity index (χ0) is 15.4. The summed E-state index contributed by atoms with van der Waals surface area (Å²) < 4.78 is 27.5. The van der Waals surface area contributed by atoms with Gasteiger partial charge in [-0.15, -0.1) is 0 Å². The van der Waals surface area contributed by atoms with Crippen molar-refractivity contribution in [2.45, 2.75) is 44.4 Å². The zero-order valence-electron chi connectivity index (χ0n) is 12.6. The molecule has 0 saturated carbocycles. The van der Waals surface area contributed by atoms with Crippen molar-refractivity contribution in [3.8, 4) is 0 Å². The van der Waals surface area contributed by atoms with E-state index in [1.54, 1.807) is 0 Å². The molecule has 3 rings (SSSR count). The lowest BCUT2D eigenvalue weighted by atomic mass is 9.86. The van der Waals surface area contributed by atoms with E-state index in [-0.39, 0.29) is 0 Å². The zero-order valence-corrected chi connectivity index (χ0v) is 14.2. The van der Waals surface area contributed by atoms with Gasteiger partial charge in [-0.25, -0.2) is 8.42 Å². The van der Waals surface area contributed by atoms with Crippen molar-refractivity contribution in [1.82, 2.24) is 4.90 Å². The van der Waals surface area contributed by atoms with E-state index >= 15 is 0 Å². The molecule has 2 heterocycles. The number of anilines is 1. The second-order valence-electron chi connectivity index (χ2n) is 6.37. The van der Waals surface area contributed by atoms with Crippen LogP contribution in [-0.4, -0.2) is 32.4 Å². The van der Waals surface area contributed by atoms with Crippen LogP contribution in [0, 0.1) is 6.92 Å². The number of nitrogens with zero attached hydrogens (tertiary/aromatic N) is 1. The number of aryl methyl sites for hydroxylation is 1. The van der Waals surface area contributed by atoms with Crippen LogP contribution < -0.4 is 4.72 Å². The van der Waals surface area contributed by atoms with Gasteiger partial charge in [-0.1, -0.05) is 11.6 Å². The Labute approximate surface area is 131 Å². The Morgan fingerprint density at radius 1 is 1.29 bits per heavy atom. The third kappa shape index (κ3) is 2.17. The highest BCUT2D eigenvalue weighted by atomic mass is 35.5. The minimum Gasteiger partial charge on any atom is -0.301 e. The second-order valence-corrected chi connectivity index (χ2v) is 8.80. The molecule has 0 atom stereocenters. The summed E-state index contributed by atoms with van der Waals surface area (Å²) in [6.45, 7) is 7.78. The van der Waals surface area contributed by atoms with Gasteiger partial charge in [-0.05, 0) is 51.3 Å². The quantitative estimate of drug-likeness (QED) is 0.861. The maximum absolute atomic E-state index is 12.8. The van der Waals surface area contributed by atoms with Crippen molar-refractivity contribution in [3.63, 3.8) is 0 Å². The SMILES string of the molecule is Cc1cc(Cl)cc2c1NS(=O)(=O)C21CCN(C(C)C)CC1. The first-order chi connectivity index (χ1) is 9.77. The maximum atomic E-state index is 12.8. The Morgan fingerprint density at radius 3 is 2.48 bits per heavy atom. The molecule has 0 aromatic heterocycles. The summed E-state index contributed by atoms with van der Waals surface area (Å²) in [7, 11) is -3.39. The number of piperidine rings is 1. The molecule has 4 nitrogen and oxygen atoms in total. The van der Waals surface area contributed by atoms with Gasteiger partial charge in [0.1, 0.15) is 4.75 Å². The molecular formula is C15H21ClN2O2S. The first-order valence-corrected chi connectivity index (χ1v) is 9.20. The summed E-state index contributed by atoms with van der Waals surface area (Å²) >= 11 is 6.17. The second kappa shape index (κ2) is 4.86. The van der Waals surface area contributed by atoms with Crippen molar-refractivity contribution < 1.29 is 8.42 Å². The van der Waals surface area contributed by atoms with Gasteiger partial charge in [-0.2, -0.15) is 0 Å². The van der Waals surface area contributed by atoms with Crippen LogP contribution in [0.15, 0.2) is 12.1 Å². The molecule has 0 radical (unpaired) electrons. The van der Waals surface area contributed by atoms with Crippen LogP contribution in [0.25, 0.3) is 0 Å². The van der Waals surface area contributed by atoms with Crippen molar-refractivity contribution >= 4 is 27.3 Å². The molecule has 1 fully saturated rings. The highest BCUT2D eigenvalue weighted by molar-refractivity contribution is 7.94. The van der Waals surface area contributed by atoms with Gasteiger partial charge >= 0.3 is 0 Å². The monoisotopic (exact) mass is 328 g/mol. The summed E-state index contributed by atoms with van der Waals surface area (Å²) in [6.07, 6.45) is 1.24. The minimum atomic E-state index is -3.39. The third-order valence-electron chi connectivity index (χ3n) is 4.88. The van der Waals surface area contributed by atoms with Gasteiger partial charge in [0.05, 0.1) is 5.69 Å². The highest BCUT2D eigenvalue weighted by Gasteiger charge is 2.53. The van der Waals surface area contributed by atoms with Crippen molar-refractivity contribution in [1.29, 1.82) is 0 Å². The Bertz CT molecular complexity index is 677. The van der Waals surface area contributed by atoms with Crippen LogP contribution in [0.5, 0.6) is 0 Å². The summed E-state index contributed by atoms with van der Waals surface area (Å²) in [5.74, 6) is 0. The molecule has 0 bridgehead atoms. The van der Waals surface area contributed by atoms with E-state index in [2.05, 4.69) is 23.5 Å². The number of benzene rings is 1. The number of fused-ring (bicyclic) bond motifs is 2. The average Bonchev–Trinajstić information content (AvgIpc) is 2.61. The van der Waals surface area contributed by atoms with Crippen molar-refractivity contribution in [2.75, 3.05) is 17.8 Å². The molecule has 21 heavy (non-hydrogen) atoms. The lowest BCUT2D eigenvalue weighted by Crippen LogP contribution is -2.48. The fourth-order valence-electron chi connectivity index (χ4n) is 3.55. The number of likely N-dealkylation sites (tertiary alicyclic amines) is 1. The summed E-state index contributed by atoms with van der Waals surface area (Å²) in [6, 6.07) is 4.08. The largest absolute Gasteiger partial charge is 0.301 e. The van der Waals surface area contributed by atoms with Gasteiger partial charge in [0.2, 0.25) is 10.0 Å². The van der Waals surface area contributed by atoms with Crippen LogP contribution in [0.1, 0.15) is 37.8 Å². The molecule has 116 valence electrons. The Hall–Kier alpha value is -0.780. The lowest BCUT2D eigenvalue weighted by Gasteiger charge is -2.40. The predicted octanol–water partition coefficient (Wildman–Crippen LogP) is 3.10. The molecule has 1 saturated heterocycles. The molecule has 0 aliphatic carbocycles. The van der Waals surface area contributed by atoms with E-state index in [0.29, 0.717) is 23.9 Å². The maximum Gasteiger partial charge on any atom is 0.242 e. The number of nitrogens with one attached hydrogen (secondary N) is 1. The molecule has 1 N–H and O–H groups in total. The number of halogens is 1. The van der Waals surface area contributed by atoms with E-state index in [1.165, 1.54) is 0 Å². The third-order valence-corrected chi connectivity index (χ3v) is 7.23. The van der Waals surface area contributed by atoms with Crippen molar-refractivity contribution in [2.24, 2.45) is 0 Å². The molecule has 2 aliphatic heterocycles. The van der Waals surface area contributed by atoms with Crippen LogP contribution in [0.3, 0.4) is 0 Å². The van der Waals surface area contributed by atoms with Crippen LogP contribution in [0.4, 0.5) is 5.69 Å². The van der Waals surface area contributed by atoms with Gasteiger partial charge in [0.15, 0.2) is 0 Å². The summed E-state index contributed by atoms with van der Waals surface area (Å²) in [5.41, 5.74) is 2.48. The number of sulfonamides is 1. The topological polar surface area (TPSA) is 49.4 Å². The Kier molecular flexibility index (Phi) is 3.50. The predicted molar refractivity (Wildman–Crippen MR) is 86.4 cm³/mol. The minimum absolute atomic E-state index is 0.444. The van der Waals surface area contributed by atoms with E-state index in [9.17, 15) is 8.42 Å². The number of hydrogen-bond acceptors (Lipinski definition) is 3. The first-order valence-electron chi connectivity index (χ1n) is 7.34. The Balaban J connectivity index is 2.08. The molecule has 0 unspecified atom stereocenters. The van der Waals surface area contributed by atoms with Crippen LogP contribution in [0.2, 0.25) is 5.02 Å². The molecule has 0 amide bonds. The standard InChI is InChI=1S/C15H21ClN2O2S/c1-10(2)18-6-4-15(5-7-18)13-9-12(16)8-11(3)14(13)17-21(15,19)20/h8-10,17H,4-7H2,1-3H3. The summed E-state index contributed by atoms with van der Waals surface area (Å²) in [5, 5.41) is 0.607. The smallest absolute Gasteiger partial charge is 0.242 e. The normalized spacial score (nSPS) is 23.3. The first kappa shape index (κ1) is 15.1. The van der Waals surface area contributed by atoms with Gasteiger partial charge in [0, 0.05) is 29.7 Å². The molecular weight excluding hydrogens is 308 g/mol. The van der Waals surface area contributed by atoms with Gasteiger partial charge in [-0.3, -0.25) is 4.72 Å².